The van der Waals surface area contributed by atoms with E-state index in [0.717, 1.165) is 31.6 Å². The fraction of sp³-hybridized carbons (Fsp3) is 0.409. The standard InChI is InChI=1S/C22H26FN7O2/c23-18-12-16(29-8-10-32-11-9-29)3-4-19(18)27-22(31)17-14-25-30-7-5-20(28-21(17)30)26-15-2-1-6-24-13-15/h3-5,7,12,14-15,24H,1-2,6,8-11,13H2,(H,26,28)(H,27,31)/t15-/m1/s1. The second-order valence-corrected chi connectivity index (χ2v) is 8.04. The average Bonchev–Trinajstić information content (AvgIpc) is 3.25. The lowest BCUT2D eigenvalue weighted by Gasteiger charge is -2.29. The van der Waals surface area contributed by atoms with E-state index in [-0.39, 0.29) is 17.3 Å². The van der Waals surface area contributed by atoms with Gasteiger partial charge in [0.05, 0.1) is 25.1 Å². The quantitative estimate of drug-likeness (QED) is 0.561. The zero-order chi connectivity index (χ0) is 21.9. The summed E-state index contributed by atoms with van der Waals surface area (Å²) in [5, 5.41) is 13.6. The summed E-state index contributed by atoms with van der Waals surface area (Å²) in [6.07, 6.45) is 5.38. The van der Waals surface area contributed by atoms with Gasteiger partial charge in [-0.05, 0) is 43.7 Å². The van der Waals surface area contributed by atoms with Crippen LogP contribution < -0.4 is 20.9 Å². The SMILES string of the molecule is O=C(Nc1ccc(N2CCOCC2)cc1F)c1cnn2ccc(N[C@@H]3CCCNC3)nc12. The van der Waals surface area contributed by atoms with Crippen molar-refractivity contribution in [2.75, 3.05) is 54.9 Å². The summed E-state index contributed by atoms with van der Waals surface area (Å²) in [6.45, 7) is 4.58. The lowest BCUT2D eigenvalue weighted by atomic mass is 10.1. The molecule has 4 heterocycles. The molecule has 2 fully saturated rings. The van der Waals surface area contributed by atoms with Crippen LogP contribution in [0.2, 0.25) is 0 Å². The van der Waals surface area contributed by atoms with Crippen molar-refractivity contribution in [2.24, 2.45) is 0 Å². The molecule has 32 heavy (non-hydrogen) atoms. The topological polar surface area (TPSA) is 95.8 Å². The number of piperidine rings is 1. The van der Waals surface area contributed by atoms with Crippen LogP contribution in [0.5, 0.6) is 0 Å². The number of amides is 1. The van der Waals surface area contributed by atoms with Crippen molar-refractivity contribution in [3.05, 3.63) is 48.0 Å². The number of morpholine rings is 1. The Balaban J connectivity index is 1.32. The number of benzene rings is 1. The van der Waals surface area contributed by atoms with Gasteiger partial charge in [0.25, 0.3) is 5.91 Å². The number of halogens is 1. The van der Waals surface area contributed by atoms with Gasteiger partial charge < -0.3 is 25.6 Å². The zero-order valence-corrected chi connectivity index (χ0v) is 17.7. The minimum absolute atomic E-state index is 0.119. The maximum absolute atomic E-state index is 14.7. The summed E-state index contributed by atoms with van der Waals surface area (Å²) >= 11 is 0. The van der Waals surface area contributed by atoms with Gasteiger partial charge in [-0.3, -0.25) is 4.79 Å². The molecular weight excluding hydrogens is 413 g/mol. The fourth-order valence-electron chi connectivity index (χ4n) is 4.11. The van der Waals surface area contributed by atoms with Gasteiger partial charge in [-0.1, -0.05) is 0 Å². The summed E-state index contributed by atoms with van der Waals surface area (Å²) in [5.41, 5.74) is 1.59. The first kappa shape index (κ1) is 20.7. The van der Waals surface area contributed by atoms with Crippen LogP contribution in [-0.2, 0) is 4.74 Å². The first-order valence-electron chi connectivity index (χ1n) is 10.9. The number of carbonyl (C=O) groups excluding carboxylic acids is 1. The molecule has 1 amide bonds. The first-order chi connectivity index (χ1) is 15.7. The van der Waals surface area contributed by atoms with Crippen molar-refractivity contribution in [1.82, 2.24) is 19.9 Å². The molecule has 1 atom stereocenters. The number of rotatable bonds is 5. The third-order valence-electron chi connectivity index (χ3n) is 5.84. The van der Waals surface area contributed by atoms with Crippen LogP contribution in [0.25, 0.3) is 5.65 Å². The Kier molecular flexibility index (Phi) is 5.87. The molecule has 2 aromatic heterocycles. The number of hydrogen-bond donors (Lipinski definition) is 3. The van der Waals surface area contributed by atoms with Crippen LogP contribution >= 0.6 is 0 Å². The average molecular weight is 439 g/mol. The maximum Gasteiger partial charge on any atom is 0.261 e. The second-order valence-electron chi connectivity index (χ2n) is 8.04. The number of anilines is 3. The molecular formula is C22H26FN7O2. The first-order valence-corrected chi connectivity index (χ1v) is 10.9. The molecule has 1 aromatic carbocycles. The van der Waals surface area contributed by atoms with E-state index in [1.807, 2.05) is 6.07 Å². The van der Waals surface area contributed by atoms with Gasteiger partial charge in [0, 0.05) is 37.6 Å². The number of hydrogen-bond acceptors (Lipinski definition) is 7. The van der Waals surface area contributed by atoms with Gasteiger partial charge in [0.1, 0.15) is 17.2 Å². The zero-order valence-electron chi connectivity index (χ0n) is 17.7. The fourth-order valence-corrected chi connectivity index (χ4v) is 4.11. The van der Waals surface area contributed by atoms with E-state index < -0.39 is 11.7 Å². The van der Waals surface area contributed by atoms with Gasteiger partial charge in [-0.25, -0.2) is 13.9 Å². The summed E-state index contributed by atoms with van der Waals surface area (Å²) in [4.78, 5) is 19.5. The molecule has 2 aliphatic rings. The predicted molar refractivity (Wildman–Crippen MR) is 120 cm³/mol. The van der Waals surface area contributed by atoms with Crippen LogP contribution in [0.3, 0.4) is 0 Å². The largest absolute Gasteiger partial charge is 0.378 e. The van der Waals surface area contributed by atoms with Crippen molar-refractivity contribution in [3.63, 3.8) is 0 Å². The third kappa shape index (κ3) is 4.37. The number of carbonyl (C=O) groups is 1. The normalized spacial score (nSPS) is 19.2. The predicted octanol–water partition coefficient (Wildman–Crippen LogP) is 2.12. The van der Waals surface area contributed by atoms with Gasteiger partial charge in [0.2, 0.25) is 0 Å². The van der Waals surface area contributed by atoms with Crippen LogP contribution in [0.4, 0.5) is 21.6 Å². The van der Waals surface area contributed by atoms with Crippen LogP contribution in [-0.4, -0.2) is 65.9 Å². The molecule has 168 valence electrons. The highest BCUT2D eigenvalue weighted by Crippen LogP contribution is 2.24. The van der Waals surface area contributed by atoms with Gasteiger partial charge >= 0.3 is 0 Å². The Morgan fingerprint density at radius 1 is 1.25 bits per heavy atom. The number of nitrogens with zero attached hydrogens (tertiary/aromatic N) is 4. The Labute approximate surface area is 185 Å². The van der Waals surface area contributed by atoms with Crippen molar-refractivity contribution < 1.29 is 13.9 Å². The molecule has 2 aliphatic heterocycles. The smallest absolute Gasteiger partial charge is 0.261 e. The molecule has 3 aromatic rings. The Bertz CT molecular complexity index is 1110. The molecule has 0 bridgehead atoms. The van der Waals surface area contributed by atoms with E-state index in [0.29, 0.717) is 37.8 Å². The number of aromatic nitrogens is 3. The van der Waals surface area contributed by atoms with Crippen LogP contribution in [0, 0.1) is 5.82 Å². The molecule has 0 saturated carbocycles. The van der Waals surface area contributed by atoms with E-state index in [2.05, 4.69) is 30.9 Å². The van der Waals surface area contributed by atoms with Crippen LogP contribution in [0.1, 0.15) is 23.2 Å². The lowest BCUT2D eigenvalue weighted by molar-refractivity contribution is 0.102. The maximum atomic E-state index is 14.7. The van der Waals surface area contributed by atoms with Crippen molar-refractivity contribution in [3.8, 4) is 0 Å². The summed E-state index contributed by atoms with van der Waals surface area (Å²) in [6, 6.07) is 6.95. The van der Waals surface area contributed by atoms with Gasteiger partial charge in [-0.15, -0.1) is 0 Å². The lowest BCUT2D eigenvalue weighted by Crippen LogP contribution is -2.38. The van der Waals surface area contributed by atoms with Gasteiger partial charge in [-0.2, -0.15) is 5.10 Å². The van der Waals surface area contributed by atoms with Crippen molar-refractivity contribution in [1.29, 1.82) is 0 Å². The van der Waals surface area contributed by atoms with Gasteiger partial charge in [0.15, 0.2) is 5.65 Å². The molecule has 0 spiro atoms. The third-order valence-corrected chi connectivity index (χ3v) is 5.84. The molecule has 9 nitrogen and oxygen atoms in total. The van der Waals surface area contributed by atoms with E-state index in [1.54, 1.807) is 18.3 Å². The molecule has 0 unspecified atom stereocenters. The molecule has 5 rings (SSSR count). The van der Waals surface area contributed by atoms with Crippen LogP contribution in [0.15, 0.2) is 36.7 Å². The minimum atomic E-state index is -0.487. The van der Waals surface area contributed by atoms with Crippen molar-refractivity contribution in [2.45, 2.75) is 18.9 Å². The number of ether oxygens (including phenoxy) is 1. The number of nitrogens with one attached hydrogen (secondary N) is 3. The molecule has 0 aliphatic carbocycles. The van der Waals surface area contributed by atoms with E-state index in [4.69, 9.17) is 4.74 Å². The minimum Gasteiger partial charge on any atom is -0.378 e. The highest BCUT2D eigenvalue weighted by atomic mass is 19.1. The Morgan fingerprint density at radius 3 is 2.91 bits per heavy atom. The molecule has 10 heteroatoms. The second kappa shape index (κ2) is 9.09. The van der Waals surface area contributed by atoms with Crippen molar-refractivity contribution >= 4 is 28.7 Å². The Hall–Kier alpha value is -3.24. The number of fused-ring (bicyclic) bond motifs is 1. The molecule has 3 N–H and O–H groups in total. The Morgan fingerprint density at radius 2 is 2.12 bits per heavy atom. The monoisotopic (exact) mass is 439 g/mol. The summed E-state index contributed by atoms with van der Waals surface area (Å²) < 4.78 is 21.6. The summed E-state index contributed by atoms with van der Waals surface area (Å²) in [5.74, 6) is -0.261. The highest BCUT2D eigenvalue weighted by Gasteiger charge is 2.19. The molecule has 2 saturated heterocycles. The summed E-state index contributed by atoms with van der Waals surface area (Å²) in [7, 11) is 0. The van der Waals surface area contributed by atoms with E-state index in [9.17, 15) is 9.18 Å². The highest BCUT2D eigenvalue weighted by molar-refractivity contribution is 6.08. The molecule has 0 radical (unpaired) electrons. The van der Waals surface area contributed by atoms with E-state index in [1.165, 1.54) is 16.8 Å². The van der Waals surface area contributed by atoms with E-state index >= 15 is 0 Å².